The third-order valence-corrected chi connectivity index (χ3v) is 3.64. The molecule has 7 heteroatoms. The van der Waals surface area contributed by atoms with E-state index in [1.165, 1.54) is 12.1 Å². The Kier molecular flexibility index (Phi) is 4.16. The van der Waals surface area contributed by atoms with E-state index in [0.717, 1.165) is 25.3 Å². The second-order valence-corrected chi connectivity index (χ2v) is 4.97. The van der Waals surface area contributed by atoms with Crippen molar-refractivity contribution in [2.45, 2.75) is 31.7 Å². The Labute approximate surface area is 115 Å². The van der Waals surface area contributed by atoms with E-state index in [1.807, 2.05) is 0 Å². The summed E-state index contributed by atoms with van der Waals surface area (Å²) in [7, 11) is 0. The summed E-state index contributed by atoms with van der Waals surface area (Å²) >= 11 is 0. The summed E-state index contributed by atoms with van der Waals surface area (Å²) in [6.07, 6.45) is 3.27. The zero-order chi connectivity index (χ0) is 14.7. The molecule has 20 heavy (non-hydrogen) atoms. The Morgan fingerprint density at radius 1 is 1.40 bits per heavy atom. The molecule has 0 heterocycles. The summed E-state index contributed by atoms with van der Waals surface area (Å²) < 4.78 is 13.8. The molecule has 0 saturated heterocycles. The van der Waals surface area contributed by atoms with E-state index in [1.54, 1.807) is 0 Å². The average molecular weight is 281 g/mol. The first-order valence-corrected chi connectivity index (χ1v) is 6.49. The summed E-state index contributed by atoms with van der Waals surface area (Å²) in [4.78, 5) is 21.3. The molecule has 1 fully saturated rings. The first-order valence-electron chi connectivity index (χ1n) is 6.49. The third kappa shape index (κ3) is 3.04. The summed E-state index contributed by atoms with van der Waals surface area (Å²) in [5, 5.41) is 13.5. The van der Waals surface area contributed by atoms with E-state index >= 15 is 0 Å². The molecule has 108 valence electrons. The largest absolute Gasteiger partial charge is 0.379 e. The molecule has 3 N–H and O–H groups in total. The second-order valence-electron chi connectivity index (χ2n) is 4.97. The van der Waals surface area contributed by atoms with Crippen LogP contribution in [0.4, 0.5) is 15.8 Å². The van der Waals surface area contributed by atoms with Gasteiger partial charge in [-0.25, -0.2) is 4.39 Å². The number of nitrogens with zero attached hydrogens (tertiary/aromatic N) is 1. The number of primary amides is 1. The number of rotatable bonds is 4. The van der Waals surface area contributed by atoms with Crippen molar-refractivity contribution in [2.75, 3.05) is 5.32 Å². The number of carbonyl (C=O) groups is 1. The molecular formula is C13H16FN3O3. The van der Waals surface area contributed by atoms with E-state index in [9.17, 15) is 19.3 Å². The molecule has 0 aliphatic heterocycles. The third-order valence-electron chi connectivity index (χ3n) is 3.64. The van der Waals surface area contributed by atoms with Crippen LogP contribution >= 0.6 is 0 Å². The van der Waals surface area contributed by atoms with Gasteiger partial charge in [0.15, 0.2) is 5.82 Å². The first kappa shape index (κ1) is 14.2. The lowest BCUT2D eigenvalue weighted by Gasteiger charge is -2.30. The van der Waals surface area contributed by atoms with Crippen molar-refractivity contribution in [1.29, 1.82) is 0 Å². The Bertz CT molecular complexity index is 536. The highest BCUT2D eigenvalue weighted by Gasteiger charge is 2.29. The molecular weight excluding hydrogens is 265 g/mol. The standard InChI is InChI=1S/C13H16FN3O3/c14-10-7-8(17(19)20)5-6-12(10)16-11-4-2-1-3-9(11)13(15)18/h5-7,9,11,16H,1-4H2,(H2,15,18). The summed E-state index contributed by atoms with van der Waals surface area (Å²) in [6, 6.07) is 3.19. The number of nitro groups is 1. The van der Waals surface area contributed by atoms with Crippen LogP contribution in [-0.4, -0.2) is 16.9 Å². The SMILES string of the molecule is NC(=O)C1CCCCC1Nc1ccc([N+](=O)[O-])cc1F. The predicted octanol–water partition coefficient (Wildman–Crippen LogP) is 2.19. The molecule has 1 amide bonds. The molecule has 1 aromatic carbocycles. The second kappa shape index (κ2) is 5.85. The molecule has 0 bridgehead atoms. The molecule has 1 aliphatic carbocycles. The minimum absolute atomic E-state index is 0.161. The van der Waals surface area contributed by atoms with Gasteiger partial charge in [0.05, 0.1) is 22.6 Å². The first-order chi connectivity index (χ1) is 9.49. The minimum Gasteiger partial charge on any atom is -0.379 e. The zero-order valence-electron chi connectivity index (χ0n) is 10.8. The van der Waals surface area contributed by atoms with E-state index < -0.39 is 16.6 Å². The van der Waals surface area contributed by atoms with Crippen molar-refractivity contribution in [1.82, 2.24) is 0 Å². The number of hydrogen-bond acceptors (Lipinski definition) is 4. The van der Waals surface area contributed by atoms with Gasteiger partial charge < -0.3 is 11.1 Å². The predicted molar refractivity (Wildman–Crippen MR) is 71.6 cm³/mol. The quantitative estimate of drug-likeness (QED) is 0.652. The highest BCUT2D eigenvalue weighted by Crippen LogP contribution is 2.29. The highest BCUT2D eigenvalue weighted by atomic mass is 19.1. The van der Waals surface area contributed by atoms with Gasteiger partial charge in [0.1, 0.15) is 0 Å². The number of halogens is 1. The smallest absolute Gasteiger partial charge is 0.272 e. The fourth-order valence-corrected chi connectivity index (χ4v) is 2.58. The highest BCUT2D eigenvalue weighted by molar-refractivity contribution is 5.78. The Balaban J connectivity index is 2.16. The van der Waals surface area contributed by atoms with Crippen LogP contribution in [0.25, 0.3) is 0 Å². The van der Waals surface area contributed by atoms with Crippen LogP contribution in [0.15, 0.2) is 18.2 Å². The lowest BCUT2D eigenvalue weighted by molar-refractivity contribution is -0.385. The normalized spacial score (nSPS) is 22.2. The maximum Gasteiger partial charge on any atom is 0.272 e. The van der Waals surface area contributed by atoms with Crippen LogP contribution in [0, 0.1) is 21.8 Å². The van der Waals surface area contributed by atoms with Gasteiger partial charge in [-0.15, -0.1) is 0 Å². The van der Waals surface area contributed by atoms with Gasteiger partial charge >= 0.3 is 0 Å². The van der Waals surface area contributed by atoms with E-state index in [-0.39, 0.29) is 23.3 Å². The summed E-state index contributed by atoms with van der Waals surface area (Å²) in [5.74, 6) is -1.43. The van der Waals surface area contributed by atoms with Crippen molar-refractivity contribution < 1.29 is 14.1 Å². The number of non-ortho nitro benzene ring substituents is 1. The molecule has 0 aromatic heterocycles. The van der Waals surface area contributed by atoms with Gasteiger partial charge in [0.25, 0.3) is 5.69 Å². The molecule has 6 nitrogen and oxygen atoms in total. The zero-order valence-corrected chi connectivity index (χ0v) is 10.8. The number of carbonyl (C=O) groups excluding carboxylic acids is 1. The number of hydrogen-bond donors (Lipinski definition) is 2. The minimum atomic E-state index is -0.701. The molecule has 0 radical (unpaired) electrons. The number of benzene rings is 1. The summed E-state index contributed by atoms with van der Waals surface area (Å²) in [5.41, 5.74) is 5.21. The van der Waals surface area contributed by atoms with Crippen LogP contribution in [0.3, 0.4) is 0 Å². The van der Waals surface area contributed by atoms with E-state index in [4.69, 9.17) is 5.73 Å². The average Bonchev–Trinajstić information content (AvgIpc) is 2.41. The van der Waals surface area contributed by atoms with E-state index in [2.05, 4.69) is 5.32 Å². The maximum atomic E-state index is 13.8. The van der Waals surface area contributed by atoms with Gasteiger partial charge in [-0.3, -0.25) is 14.9 Å². The van der Waals surface area contributed by atoms with Gasteiger partial charge in [-0.2, -0.15) is 0 Å². The van der Waals surface area contributed by atoms with Crippen LogP contribution in [0.2, 0.25) is 0 Å². The van der Waals surface area contributed by atoms with E-state index in [0.29, 0.717) is 6.42 Å². The lowest BCUT2D eigenvalue weighted by Crippen LogP contribution is -2.40. The Morgan fingerprint density at radius 3 is 2.70 bits per heavy atom. The number of nitrogens with two attached hydrogens (primary N) is 1. The molecule has 2 atom stereocenters. The molecule has 1 saturated carbocycles. The molecule has 1 aromatic rings. The molecule has 2 rings (SSSR count). The van der Waals surface area contributed by atoms with Gasteiger partial charge in [-0.05, 0) is 18.9 Å². The van der Waals surface area contributed by atoms with Crippen LogP contribution in [-0.2, 0) is 4.79 Å². The number of nitrogens with one attached hydrogen (secondary N) is 1. The molecule has 2 unspecified atom stereocenters. The number of amides is 1. The fraction of sp³-hybridized carbons (Fsp3) is 0.462. The van der Waals surface area contributed by atoms with Gasteiger partial charge in [0.2, 0.25) is 5.91 Å². The van der Waals surface area contributed by atoms with Gasteiger partial charge in [-0.1, -0.05) is 12.8 Å². The monoisotopic (exact) mass is 281 g/mol. The van der Waals surface area contributed by atoms with Crippen LogP contribution in [0.5, 0.6) is 0 Å². The Morgan fingerprint density at radius 2 is 2.10 bits per heavy atom. The van der Waals surface area contributed by atoms with Crippen molar-refractivity contribution >= 4 is 17.3 Å². The topological polar surface area (TPSA) is 98.3 Å². The van der Waals surface area contributed by atoms with Crippen LogP contribution < -0.4 is 11.1 Å². The Hall–Kier alpha value is -2.18. The van der Waals surface area contributed by atoms with Crippen molar-refractivity contribution in [2.24, 2.45) is 11.7 Å². The molecule has 0 spiro atoms. The van der Waals surface area contributed by atoms with Gasteiger partial charge in [0, 0.05) is 12.1 Å². The van der Waals surface area contributed by atoms with Crippen LogP contribution in [0.1, 0.15) is 25.7 Å². The maximum absolute atomic E-state index is 13.8. The number of anilines is 1. The van der Waals surface area contributed by atoms with Crippen molar-refractivity contribution in [3.8, 4) is 0 Å². The van der Waals surface area contributed by atoms with Crippen molar-refractivity contribution in [3.63, 3.8) is 0 Å². The summed E-state index contributed by atoms with van der Waals surface area (Å²) in [6.45, 7) is 0. The van der Waals surface area contributed by atoms with Crippen molar-refractivity contribution in [3.05, 3.63) is 34.1 Å². The fourth-order valence-electron chi connectivity index (χ4n) is 2.58. The molecule has 1 aliphatic rings. The number of nitro benzene ring substituents is 1. The lowest BCUT2D eigenvalue weighted by atomic mass is 9.84.